The summed E-state index contributed by atoms with van der Waals surface area (Å²) in [7, 11) is 0. The first-order chi connectivity index (χ1) is 15.8. The summed E-state index contributed by atoms with van der Waals surface area (Å²) in [5.74, 6) is 0.814. The van der Waals surface area contributed by atoms with Crippen molar-refractivity contribution in [1.82, 2.24) is 9.88 Å². The molecule has 0 saturated carbocycles. The molecule has 0 aliphatic carbocycles. The molecule has 5 rings (SSSR count). The number of hydrogen-bond acceptors (Lipinski definition) is 5. The molecule has 3 aromatic heterocycles. The number of aromatic nitrogens is 1. The Kier molecular flexibility index (Phi) is 6.14. The van der Waals surface area contributed by atoms with E-state index in [9.17, 15) is 4.79 Å². The molecule has 6 heteroatoms. The van der Waals surface area contributed by atoms with E-state index in [4.69, 9.17) is 4.74 Å². The molecular weight excluding hydrogens is 436 g/mol. The number of carbonyl (C=O) groups is 1. The Bertz CT molecular complexity index is 1200. The second-order valence-corrected chi connectivity index (χ2v) is 9.49. The number of fused-ring (bicyclic) bond motifs is 1. The van der Waals surface area contributed by atoms with Crippen LogP contribution in [0.2, 0.25) is 0 Å². The normalized spacial score (nSPS) is 15.6. The molecule has 0 saturated heterocycles. The van der Waals surface area contributed by atoms with Crippen molar-refractivity contribution in [2.45, 2.75) is 19.1 Å². The molecule has 0 radical (unpaired) electrons. The third kappa shape index (κ3) is 4.52. The minimum absolute atomic E-state index is 0.00419. The van der Waals surface area contributed by atoms with Crippen LogP contribution in [0.3, 0.4) is 0 Å². The molecule has 4 heterocycles. The Balaban J connectivity index is 1.26. The van der Waals surface area contributed by atoms with Crippen molar-refractivity contribution in [3.05, 3.63) is 110 Å². The standard InChI is InChI=1S/C26H22N2O2S2/c29-25(28-15-12-23-22(13-17-32-23)26(28)24-5-3-16-31-24)11-8-19-6-9-21(10-7-19)30-18-20-4-1-2-14-27-20/h1-11,13-14,16-17,26H,12,15,18H2/b11-8-. The van der Waals surface area contributed by atoms with Gasteiger partial charge in [-0.1, -0.05) is 24.3 Å². The Morgan fingerprint density at radius 3 is 2.75 bits per heavy atom. The minimum atomic E-state index is 0.00419. The van der Waals surface area contributed by atoms with Gasteiger partial charge in [0.25, 0.3) is 0 Å². The number of amides is 1. The highest BCUT2D eigenvalue weighted by molar-refractivity contribution is 7.10. The maximum absolute atomic E-state index is 13.2. The highest BCUT2D eigenvalue weighted by Gasteiger charge is 2.32. The van der Waals surface area contributed by atoms with E-state index >= 15 is 0 Å². The molecule has 0 fully saturated rings. The molecular formula is C26H22N2O2S2. The third-order valence-electron chi connectivity index (χ3n) is 5.47. The Morgan fingerprint density at radius 1 is 1.06 bits per heavy atom. The van der Waals surface area contributed by atoms with Crippen LogP contribution in [0.1, 0.15) is 32.6 Å². The second kappa shape index (κ2) is 9.51. The van der Waals surface area contributed by atoms with E-state index in [1.807, 2.05) is 53.4 Å². The lowest BCUT2D eigenvalue weighted by Crippen LogP contribution is -2.38. The molecule has 160 valence electrons. The topological polar surface area (TPSA) is 42.4 Å². The van der Waals surface area contributed by atoms with E-state index in [2.05, 4.69) is 33.9 Å². The highest BCUT2D eigenvalue weighted by Crippen LogP contribution is 2.39. The third-order valence-corrected chi connectivity index (χ3v) is 7.39. The van der Waals surface area contributed by atoms with E-state index < -0.39 is 0 Å². The summed E-state index contributed by atoms with van der Waals surface area (Å²) in [6, 6.07) is 19.9. The molecule has 1 unspecified atom stereocenters. The second-order valence-electron chi connectivity index (χ2n) is 7.51. The van der Waals surface area contributed by atoms with Gasteiger partial charge in [-0.05, 0) is 70.8 Å². The van der Waals surface area contributed by atoms with Crippen LogP contribution in [0.4, 0.5) is 0 Å². The van der Waals surface area contributed by atoms with Crippen molar-refractivity contribution in [2.75, 3.05) is 6.54 Å². The largest absolute Gasteiger partial charge is 0.487 e. The molecule has 1 aliphatic heterocycles. The van der Waals surface area contributed by atoms with Crippen LogP contribution in [-0.4, -0.2) is 22.3 Å². The van der Waals surface area contributed by atoms with Crippen molar-refractivity contribution in [1.29, 1.82) is 0 Å². The van der Waals surface area contributed by atoms with Gasteiger partial charge in [0.05, 0.1) is 11.7 Å². The molecule has 0 spiro atoms. The van der Waals surface area contributed by atoms with Crippen molar-refractivity contribution in [2.24, 2.45) is 0 Å². The molecule has 4 nitrogen and oxygen atoms in total. The monoisotopic (exact) mass is 458 g/mol. The number of thiophene rings is 2. The molecule has 1 atom stereocenters. The van der Waals surface area contributed by atoms with Crippen molar-refractivity contribution in [3.8, 4) is 5.75 Å². The average Bonchev–Trinajstić information content (AvgIpc) is 3.54. The maximum Gasteiger partial charge on any atom is 0.247 e. The number of rotatable bonds is 6. The van der Waals surface area contributed by atoms with Gasteiger partial charge in [-0.15, -0.1) is 22.7 Å². The first-order valence-electron chi connectivity index (χ1n) is 10.5. The highest BCUT2D eigenvalue weighted by atomic mass is 32.1. The Hall–Kier alpha value is -3.22. The van der Waals surface area contributed by atoms with Gasteiger partial charge in [-0.2, -0.15) is 0 Å². The van der Waals surface area contributed by atoms with Crippen molar-refractivity contribution >= 4 is 34.7 Å². The summed E-state index contributed by atoms with van der Waals surface area (Å²) in [4.78, 5) is 22.0. The predicted molar refractivity (Wildman–Crippen MR) is 130 cm³/mol. The minimum Gasteiger partial charge on any atom is -0.487 e. The van der Waals surface area contributed by atoms with E-state index in [0.717, 1.165) is 30.0 Å². The summed E-state index contributed by atoms with van der Waals surface area (Å²) in [6.07, 6.45) is 6.23. The summed E-state index contributed by atoms with van der Waals surface area (Å²) in [6.45, 7) is 1.16. The zero-order valence-corrected chi connectivity index (χ0v) is 19.0. The number of hydrogen-bond donors (Lipinski definition) is 0. The lowest BCUT2D eigenvalue weighted by Gasteiger charge is -2.34. The van der Waals surface area contributed by atoms with Gasteiger partial charge in [0, 0.05) is 28.6 Å². The number of nitrogens with zero attached hydrogens (tertiary/aromatic N) is 2. The van der Waals surface area contributed by atoms with E-state index in [1.165, 1.54) is 15.3 Å². The van der Waals surface area contributed by atoms with Crippen LogP contribution in [0, 0.1) is 0 Å². The number of benzene rings is 1. The van der Waals surface area contributed by atoms with Gasteiger partial charge in [-0.25, -0.2) is 0 Å². The molecule has 1 aromatic carbocycles. The fourth-order valence-corrected chi connectivity index (χ4v) is 5.64. The van der Waals surface area contributed by atoms with Crippen LogP contribution < -0.4 is 4.74 Å². The van der Waals surface area contributed by atoms with Crippen molar-refractivity contribution in [3.63, 3.8) is 0 Å². The fraction of sp³-hybridized carbons (Fsp3) is 0.154. The van der Waals surface area contributed by atoms with Crippen LogP contribution >= 0.6 is 22.7 Å². The molecule has 32 heavy (non-hydrogen) atoms. The van der Waals surface area contributed by atoms with Gasteiger partial charge >= 0.3 is 0 Å². The Morgan fingerprint density at radius 2 is 1.97 bits per heavy atom. The van der Waals surface area contributed by atoms with Crippen molar-refractivity contribution < 1.29 is 9.53 Å². The first-order valence-corrected chi connectivity index (χ1v) is 12.2. The average molecular weight is 459 g/mol. The quantitative estimate of drug-likeness (QED) is 0.334. The summed E-state index contributed by atoms with van der Waals surface area (Å²) < 4.78 is 5.79. The van der Waals surface area contributed by atoms with Gasteiger partial charge in [0.1, 0.15) is 12.4 Å². The SMILES string of the molecule is O=C(/C=C\c1ccc(OCc2ccccn2)cc1)N1CCc2sccc2C1c1cccs1. The summed E-state index contributed by atoms with van der Waals surface area (Å²) in [5, 5.41) is 4.21. The number of ether oxygens (including phenoxy) is 1. The van der Waals surface area contributed by atoms with Crippen LogP contribution in [0.25, 0.3) is 6.08 Å². The van der Waals surface area contributed by atoms with Gasteiger partial charge in [0.15, 0.2) is 0 Å². The number of carbonyl (C=O) groups excluding carboxylic acids is 1. The van der Waals surface area contributed by atoms with Gasteiger partial charge in [0.2, 0.25) is 5.91 Å². The zero-order chi connectivity index (χ0) is 21.8. The zero-order valence-electron chi connectivity index (χ0n) is 17.4. The molecule has 0 N–H and O–H groups in total. The fourth-order valence-electron chi connectivity index (χ4n) is 3.89. The van der Waals surface area contributed by atoms with Gasteiger partial charge < -0.3 is 9.64 Å². The lowest BCUT2D eigenvalue weighted by molar-refractivity contribution is -0.127. The predicted octanol–water partition coefficient (Wildman–Crippen LogP) is 5.97. The van der Waals surface area contributed by atoms with Crippen LogP contribution in [0.5, 0.6) is 5.75 Å². The molecule has 4 aromatic rings. The van der Waals surface area contributed by atoms with Crippen LogP contribution in [-0.2, 0) is 17.8 Å². The molecule has 0 bridgehead atoms. The van der Waals surface area contributed by atoms with E-state index in [0.29, 0.717) is 6.61 Å². The number of pyridine rings is 1. The van der Waals surface area contributed by atoms with Crippen LogP contribution in [0.15, 0.2) is 83.7 Å². The van der Waals surface area contributed by atoms with E-state index in [-0.39, 0.29) is 11.9 Å². The van der Waals surface area contributed by atoms with E-state index in [1.54, 1.807) is 34.9 Å². The van der Waals surface area contributed by atoms with Gasteiger partial charge in [-0.3, -0.25) is 9.78 Å². The first kappa shape index (κ1) is 20.7. The lowest BCUT2D eigenvalue weighted by atomic mass is 9.98. The smallest absolute Gasteiger partial charge is 0.247 e. The summed E-state index contributed by atoms with van der Waals surface area (Å²) >= 11 is 3.49. The molecule has 1 amide bonds. The maximum atomic E-state index is 13.2. The Labute approximate surface area is 195 Å². The summed E-state index contributed by atoms with van der Waals surface area (Å²) in [5.41, 5.74) is 3.11. The molecule has 1 aliphatic rings.